The van der Waals surface area contributed by atoms with Crippen LogP contribution in [-0.4, -0.2) is 106 Å². The molecule has 10 bridgehead atoms. The molecule has 0 radical (unpaired) electrons. The SMILES string of the molecule is C1=NC2=C(NC1)/C1=N/c3c4nccnc4c4n3[Si](OCC3CC5CCC3C5)(OCC3CC5CCC3C5)N3C(=NC2=N1)c1nccnc1C3NC1=N/C(=N\4)C2=C1NCC=N2. The van der Waals surface area contributed by atoms with Crippen molar-refractivity contribution in [1.82, 2.24) is 44.7 Å². The van der Waals surface area contributed by atoms with Crippen molar-refractivity contribution < 1.29 is 8.85 Å². The third kappa shape index (κ3) is 4.65. The van der Waals surface area contributed by atoms with Gasteiger partial charge in [0.15, 0.2) is 40.8 Å². The van der Waals surface area contributed by atoms with Crippen LogP contribution in [0.4, 0.5) is 11.6 Å². The fourth-order valence-corrected chi connectivity index (χ4v) is 15.3. The predicted octanol–water partition coefficient (Wildman–Crippen LogP) is 3.44. The summed E-state index contributed by atoms with van der Waals surface area (Å²) in [5.74, 6) is 6.81. The summed E-state index contributed by atoms with van der Waals surface area (Å²) >= 11 is 0. The maximum Gasteiger partial charge on any atom is 0.599 e. The first-order valence-corrected chi connectivity index (χ1v) is 22.8. The van der Waals surface area contributed by atoms with Crippen LogP contribution in [0.1, 0.15) is 68.9 Å². The number of amidine groups is 5. The Bertz CT molecular complexity index is 2680. The van der Waals surface area contributed by atoms with Crippen molar-refractivity contribution in [2.24, 2.45) is 70.5 Å². The molecule has 7 atom stereocenters. The number of rotatable bonds is 6. The smallest absolute Gasteiger partial charge is 0.375 e. The fourth-order valence-electron chi connectivity index (χ4n) is 11.9. The van der Waals surface area contributed by atoms with E-state index in [9.17, 15) is 0 Å². The number of aliphatic imine (C=N–C) groups is 7. The highest BCUT2D eigenvalue weighted by Gasteiger charge is 2.63. The van der Waals surface area contributed by atoms with Crippen LogP contribution in [-0.2, 0) is 8.85 Å². The molecule has 3 N–H and O–H groups in total. The van der Waals surface area contributed by atoms with Crippen molar-refractivity contribution >= 4 is 73.2 Å². The van der Waals surface area contributed by atoms with Gasteiger partial charge in [0.1, 0.15) is 51.4 Å². The highest BCUT2D eigenvalue weighted by atomic mass is 28.4. The van der Waals surface area contributed by atoms with E-state index in [-0.39, 0.29) is 0 Å². The molecule has 14 rings (SSSR count). The van der Waals surface area contributed by atoms with Gasteiger partial charge >= 0.3 is 8.88 Å². The molecular weight excluding hydrogens is 765 g/mol. The molecule has 19 heteroatoms. The Labute approximate surface area is 339 Å². The Morgan fingerprint density at radius 2 is 1.27 bits per heavy atom. The van der Waals surface area contributed by atoms with Gasteiger partial charge in [0.25, 0.3) is 0 Å². The second-order valence-electron chi connectivity index (χ2n) is 17.5. The minimum atomic E-state index is -4.22. The lowest BCUT2D eigenvalue weighted by atomic mass is 9.90. The molecule has 296 valence electrons. The van der Waals surface area contributed by atoms with Gasteiger partial charge in [-0.25, -0.2) is 39.9 Å². The molecule has 0 amide bonds. The quantitative estimate of drug-likeness (QED) is 0.310. The van der Waals surface area contributed by atoms with E-state index in [0.29, 0.717) is 130 Å². The van der Waals surface area contributed by atoms with Crippen LogP contribution in [0.15, 0.2) is 82.5 Å². The molecule has 4 saturated carbocycles. The third-order valence-electron chi connectivity index (χ3n) is 14.4. The first kappa shape index (κ1) is 33.1. The molecule has 0 saturated heterocycles. The van der Waals surface area contributed by atoms with E-state index >= 15 is 0 Å². The van der Waals surface area contributed by atoms with Gasteiger partial charge in [0.2, 0.25) is 0 Å². The van der Waals surface area contributed by atoms with E-state index in [2.05, 4.69) is 24.7 Å². The van der Waals surface area contributed by atoms with E-state index in [4.69, 9.17) is 63.7 Å². The summed E-state index contributed by atoms with van der Waals surface area (Å²) in [6.07, 6.45) is 19.6. The van der Waals surface area contributed by atoms with Gasteiger partial charge < -0.3 is 24.8 Å². The van der Waals surface area contributed by atoms with Crippen LogP contribution in [0.2, 0.25) is 0 Å². The number of nitrogens with one attached hydrogen (secondary N) is 3. The number of hydrogen-bond acceptors (Lipinski definition) is 17. The highest BCUT2D eigenvalue weighted by Crippen LogP contribution is 2.52. The van der Waals surface area contributed by atoms with Crippen LogP contribution >= 0.6 is 0 Å². The number of fused-ring (bicyclic) bond motifs is 16. The summed E-state index contributed by atoms with van der Waals surface area (Å²) in [7, 11) is -4.22. The zero-order valence-electron chi connectivity index (χ0n) is 32.1. The molecule has 0 spiro atoms. The van der Waals surface area contributed by atoms with Gasteiger partial charge in [-0.2, -0.15) is 0 Å². The average Bonchev–Trinajstić information content (AvgIpc) is 4.17. The highest BCUT2D eigenvalue weighted by molar-refractivity contribution is 6.68. The van der Waals surface area contributed by atoms with Crippen molar-refractivity contribution in [2.45, 2.75) is 57.5 Å². The molecule has 4 fully saturated rings. The van der Waals surface area contributed by atoms with Gasteiger partial charge in [0.05, 0.1) is 13.1 Å². The number of hydrogen-bond donors (Lipinski definition) is 3. The zero-order valence-corrected chi connectivity index (χ0v) is 33.1. The molecule has 11 aliphatic rings. The van der Waals surface area contributed by atoms with Crippen molar-refractivity contribution in [3.8, 4) is 0 Å². The molecular formula is C40H40N16O2Si. The first-order chi connectivity index (χ1) is 29.2. The standard InChI is InChI=1S/C40H40N16O2Si/c1-3-21-13-19(1)15-23(21)17-57-59(58-18-24-16-20-2-4-22(24)14-20)55-37-29-30(46-10-9-45-29)39(55)53-35-27-28(44-8-7-43-27)36(50-35)54-40-32-31(47-11-12-48-32)38(56(40)59)52-34-26-25(33(49-34)51-37)41-5-6-42-26/h5,8-12,19-24,38,42-43H,1-4,6-7,13-18H2,(H,49,51,52)/b53-35-,54-40?. The summed E-state index contributed by atoms with van der Waals surface area (Å²) in [5, 5.41) is 10.8. The van der Waals surface area contributed by atoms with E-state index < -0.39 is 15.0 Å². The lowest BCUT2D eigenvalue weighted by Gasteiger charge is -2.44. The minimum absolute atomic E-state index is 0.382. The summed E-state index contributed by atoms with van der Waals surface area (Å²) in [6.45, 7) is 2.07. The van der Waals surface area contributed by atoms with Crippen molar-refractivity contribution in [1.29, 1.82) is 0 Å². The maximum atomic E-state index is 7.88. The average molecular weight is 805 g/mol. The summed E-state index contributed by atoms with van der Waals surface area (Å²) in [6, 6.07) is 0. The maximum absolute atomic E-state index is 7.88. The van der Waals surface area contributed by atoms with E-state index in [1.807, 2.05) is 12.4 Å². The van der Waals surface area contributed by atoms with Crippen molar-refractivity contribution in [2.75, 3.05) is 26.3 Å². The van der Waals surface area contributed by atoms with Crippen LogP contribution in [0.25, 0.3) is 11.0 Å². The molecule has 59 heavy (non-hydrogen) atoms. The van der Waals surface area contributed by atoms with Crippen LogP contribution < -0.4 is 16.0 Å². The van der Waals surface area contributed by atoms with Crippen molar-refractivity contribution in [3.63, 3.8) is 0 Å². The molecule has 0 aromatic carbocycles. The summed E-state index contributed by atoms with van der Waals surface area (Å²) in [4.78, 5) is 56.3. The fraction of sp³-hybridized carbons (Fsp3) is 0.475. The van der Waals surface area contributed by atoms with Crippen LogP contribution in [0, 0.1) is 35.5 Å². The Hall–Kier alpha value is -5.79. The molecule has 7 aliphatic heterocycles. The van der Waals surface area contributed by atoms with E-state index in [1.54, 1.807) is 24.8 Å². The second-order valence-corrected chi connectivity index (χ2v) is 20.1. The first-order valence-electron chi connectivity index (χ1n) is 21.1. The second kappa shape index (κ2) is 12.1. The molecule has 3 aromatic rings. The largest absolute Gasteiger partial charge is 0.599 e. The molecule has 3 aromatic heterocycles. The minimum Gasteiger partial charge on any atom is -0.375 e. The lowest BCUT2D eigenvalue weighted by Crippen LogP contribution is -2.68. The Morgan fingerprint density at radius 1 is 0.644 bits per heavy atom. The van der Waals surface area contributed by atoms with Crippen molar-refractivity contribution in [3.05, 3.63) is 59.0 Å². The number of aromatic nitrogens is 5. The van der Waals surface area contributed by atoms with Gasteiger partial charge in [-0.05, 0) is 74.0 Å². The van der Waals surface area contributed by atoms with Gasteiger partial charge in [-0.3, -0.25) is 23.8 Å². The van der Waals surface area contributed by atoms with Gasteiger partial charge in [-0.15, -0.1) is 0 Å². The lowest BCUT2D eigenvalue weighted by molar-refractivity contribution is 0.0618. The van der Waals surface area contributed by atoms with Crippen LogP contribution in [0.3, 0.4) is 0 Å². The zero-order chi connectivity index (χ0) is 38.4. The Kier molecular flexibility index (Phi) is 6.81. The van der Waals surface area contributed by atoms with Crippen LogP contribution in [0.5, 0.6) is 0 Å². The third-order valence-corrected chi connectivity index (χ3v) is 17.6. The molecule has 7 unspecified atom stereocenters. The topological polar surface area (TPSA) is 201 Å². The molecule has 4 aliphatic carbocycles. The summed E-state index contributed by atoms with van der Waals surface area (Å²) in [5.41, 5.74) is 5.02. The molecule has 10 heterocycles. The summed E-state index contributed by atoms with van der Waals surface area (Å²) < 4.78 is 20.0. The normalized spacial score (nSPS) is 35.3. The van der Waals surface area contributed by atoms with Gasteiger partial charge in [-0.1, -0.05) is 12.8 Å². The number of nitrogens with zero attached hydrogens (tertiary/aromatic N) is 13. The molecule has 18 nitrogen and oxygen atoms in total. The van der Waals surface area contributed by atoms with E-state index in [0.717, 1.165) is 30.4 Å². The van der Waals surface area contributed by atoms with E-state index in [1.165, 1.54) is 38.5 Å². The predicted molar refractivity (Wildman–Crippen MR) is 221 cm³/mol. The monoisotopic (exact) mass is 804 g/mol. The van der Waals surface area contributed by atoms with Gasteiger partial charge in [0, 0.05) is 50.4 Å². The Morgan fingerprint density at radius 3 is 1.95 bits per heavy atom. The Balaban J connectivity index is 1.10.